The monoisotopic (exact) mass is 665 g/mol. The highest BCUT2D eigenvalue weighted by Crippen LogP contribution is 2.57. The highest BCUT2D eigenvalue weighted by atomic mass is 32.1. The van der Waals surface area contributed by atoms with Gasteiger partial charge in [0.1, 0.15) is 27.2 Å². The maximum absolute atomic E-state index is 13.9. The maximum Gasteiger partial charge on any atom is 0.310 e. The summed E-state index contributed by atoms with van der Waals surface area (Å²) in [6, 6.07) is 4.03. The van der Waals surface area contributed by atoms with E-state index in [2.05, 4.69) is 0 Å². The molecule has 5 heterocycles. The van der Waals surface area contributed by atoms with Crippen molar-refractivity contribution in [2.24, 2.45) is 11.8 Å². The molecule has 2 aromatic carbocycles. The molecule has 0 unspecified atom stereocenters. The summed E-state index contributed by atoms with van der Waals surface area (Å²) in [6.45, 7) is -8.39. The Labute approximate surface area is 279 Å². The predicted molar refractivity (Wildman–Crippen MR) is 156 cm³/mol. The molecule has 244 valence electrons. The lowest BCUT2D eigenvalue weighted by Gasteiger charge is -2.48. The van der Waals surface area contributed by atoms with Crippen molar-refractivity contribution in [2.45, 2.75) is 49.0 Å². The number of phenolic OH excluding ortho intramolecular Hbond substituents is 1. The number of rotatable bonds is 6. The first-order valence-electron chi connectivity index (χ1n) is 18.5. The zero-order chi connectivity index (χ0) is 39.7. The minimum atomic E-state index is -2.99. The lowest BCUT2D eigenvalue weighted by atomic mass is 9.66. The summed E-state index contributed by atoms with van der Waals surface area (Å²) >= 11 is 1.20. The molecule has 0 radical (unpaired) electrons. The standard InChI is InChI=1S/C32H32O13S/c1-37-19-6-13(7-20(38-2)25(19)33)23-14-8-17-18(42-12-41-17)9-15(14)28(16-10-39-30(36)24(16)23)44-32-27(35)26(34)29-21(43-32)11-40-31(45-29)22-4-3-5-46-22/h3-9,16,21,23-24,26-29,31-35H,10-12H2,1-2H3/t16-,21+,23+,24-,26+,27+,28+,29+,31+,32-/m0/s1/i6D,7D,10D2,11D2,12D2,23D. The number of thiophene rings is 1. The summed E-state index contributed by atoms with van der Waals surface area (Å²) < 4.78 is 129. The Morgan fingerprint density at radius 2 is 1.76 bits per heavy atom. The van der Waals surface area contributed by atoms with Crippen LogP contribution in [0.3, 0.4) is 0 Å². The van der Waals surface area contributed by atoms with Crippen molar-refractivity contribution in [3.05, 3.63) is 63.3 Å². The Kier molecular flexibility index (Phi) is 5.35. The van der Waals surface area contributed by atoms with Crippen molar-refractivity contribution in [1.29, 1.82) is 0 Å². The molecule has 8 rings (SSSR count). The van der Waals surface area contributed by atoms with E-state index in [4.69, 9.17) is 53.6 Å². The van der Waals surface area contributed by atoms with Gasteiger partial charge in [0, 0.05) is 13.2 Å². The maximum atomic E-state index is 13.9. The number of aromatic hydroxyl groups is 1. The van der Waals surface area contributed by atoms with Crippen LogP contribution in [0.2, 0.25) is 0 Å². The smallest absolute Gasteiger partial charge is 0.310 e. The molecule has 0 amide bonds. The number of aliphatic hydroxyl groups excluding tert-OH is 2. The molecule has 13 nitrogen and oxygen atoms in total. The van der Waals surface area contributed by atoms with Gasteiger partial charge in [0.05, 0.1) is 52.5 Å². The number of hydrogen-bond acceptors (Lipinski definition) is 14. The van der Waals surface area contributed by atoms with Crippen LogP contribution in [0.1, 0.15) is 52.2 Å². The highest BCUT2D eigenvalue weighted by molar-refractivity contribution is 7.10. The molecule has 0 spiro atoms. The Morgan fingerprint density at radius 3 is 2.46 bits per heavy atom. The lowest BCUT2D eigenvalue weighted by molar-refractivity contribution is -0.368. The summed E-state index contributed by atoms with van der Waals surface area (Å²) in [6.07, 6.45) is -12.2. The van der Waals surface area contributed by atoms with Crippen LogP contribution in [-0.4, -0.2) is 86.1 Å². The minimum absolute atomic E-state index is 0.215. The topological polar surface area (TPSA) is 161 Å². The molecule has 10 atom stereocenters. The molecule has 3 saturated heterocycles. The van der Waals surface area contributed by atoms with E-state index < -0.39 is 122 Å². The summed E-state index contributed by atoms with van der Waals surface area (Å²) in [4.78, 5) is 14.4. The van der Waals surface area contributed by atoms with E-state index in [1.54, 1.807) is 17.5 Å². The fourth-order valence-electron chi connectivity index (χ4n) is 6.16. The summed E-state index contributed by atoms with van der Waals surface area (Å²) in [5.74, 6) is -10.3. The zero-order valence-electron chi connectivity index (χ0n) is 32.9. The number of carbonyl (C=O) groups excluding carboxylic acids is 1. The third-order valence-corrected chi connectivity index (χ3v) is 9.21. The molecule has 46 heavy (non-hydrogen) atoms. The first-order valence-corrected chi connectivity index (χ1v) is 14.9. The summed E-state index contributed by atoms with van der Waals surface area (Å²) in [5.41, 5.74) is -1.14. The Hall–Kier alpha value is -3.63. The second kappa shape index (κ2) is 11.6. The molecule has 1 aliphatic carbocycles. The fourth-order valence-corrected chi connectivity index (χ4v) is 6.85. The average Bonchev–Trinajstić information content (AvgIpc) is 3.80. The number of cyclic esters (lactones) is 1. The van der Waals surface area contributed by atoms with Crippen LogP contribution >= 0.6 is 11.3 Å². The van der Waals surface area contributed by atoms with Crippen LogP contribution in [0.5, 0.6) is 28.7 Å². The predicted octanol–water partition coefficient (Wildman–Crippen LogP) is 2.75. The van der Waals surface area contributed by atoms with Crippen LogP contribution in [-0.2, 0) is 28.5 Å². The summed E-state index contributed by atoms with van der Waals surface area (Å²) in [7, 11) is 2.20. The largest absolute Gasteiger partial charge is 0.502 e. The quantitative estimate of drug-likeness (QED) is 0.330. The number of fused-ring (bicyclic) bond motifs is 4. The number of benzene rings is 2. The number of esters is 1. The van der Waals surface area contributed by atoms with Gasteiger partial charge in [0.2, 0.25) is 12.5 Å². The van der Waals surface area contributed by atoms with E-state index in [1.807, 2.05) is 0 Å². The fraction of sp³-hybridized carbons (Fsp3) is 0.469. The summed E-state index contributed by atoms with van der Waals surface area (Å²) in [5, 5.41) is 35.3. The van der Waals surface area contributed by atoms with E-state index in [0.717, 1.165) is 26.4 Å². The van der Waals surface area contributed by atoms with Crippen molar-refractivity contribution in [2.75, 3.05) is 34.1 Å². The number of ether oxygens (including phenoxy) is 9. The number of hydrogen-bond donors (Lipinski definition) is 3. The van der Waals surface area contributed by atoms with Gasteiger partial charge in [-0.1, -0.05) is 6.07 Å². The van der Waals surface area contributed by atoms with E-state index in [-0.39, 0.29) is 22.6 Å². The molecule has 3 aromatic rings. The first kappa shape index (κ1) is 21.3. The van der Waals surface area contributed by atoms with Gasteiger partial charge < -0.3 is 58.0 Å². The normalized spacial score (nSPS) is 42.0. The SMILES string of the molecule is [2H]c1c(OC)c(O)c(OC)c([2H])c1[C@]1([2H])c2cc3c(cc2[C@@H](O[C@@H]2O[C@H]4[C@@H](O[C@H](c5cccs5)OC4([2H])[2H])[C@H](O)[C@H]2O)[C@@H]2[C@@H]1C(=O)OC2([2H])[2H])OC([2H])([2H])O3. The zero-order valence-corrected chi connectivity index (χ0v) is 24.7. The average molecular weight is 666 g/mol. The van der Waals surface area contributed by atoms with Crippen LogP contribution in [0.4, 0.5) is 0 Å². The number of methoxy groups -OCH3 is 2. The van der Waals surface area contributed by atoms with Gasteiger partial charge in [-0.2, -0.15) is 0 Å². The molecule has 1 aromatic heterocycles. The molecular formula is C32H32O13S. The van der Waals surface area contributed by atoms with Gasteiger partial charge in [-0.15, -0.1) is 11.3 Å². The van der Waals surface area contributed by atoms with Gasteiger partial charge >= 0.3 is 5.97 Å². The molecule has 0 saturated carbocycles. The highest BCUT2D eigenvalue weighted by Gasteiger charge is 2.56. The van der Waals surface area contributed by atoms with Crippen LogP contribution in [0.25, 0.3) is 0 Å². The number of carbonyl (C=O) groups is 1. The molecule has 5 aliphatic rings. The van der Waals surface area contributed by atoms with Gasteiger partial charge in [0.15, 0.2) is 35.6 Å². The number of aliphatic hydroxyl groups is 2. The molecule has 14 heteroatoms. The first-order chi connectivity index (χ1) is 25.8. The molecule has 3 fully saturated rings. The van der Waals surface area contributed by atoms with Gasteiger partial charge in [-0.25, -0.2) is 0 Å². The Bertz CT molecular complexity index is 2020. The second-order valence-corrected chi connectivity index (χ2v) is 11.8. The van der Waals surface area contributed by atoms with Gasteiger partial charge in [-0.05, 0) is 52.4 Å². The molecule has 3 N–H and O–H groups in total. The van der Waals surface area contributed by atoms with E-state index in [9.17, 15) is 21.5 Å². The van der Waals surface area contributed by atoms with Crippen molar-refractivity contribution in [3.8, 4) is 28.7 Å². The van der Waals surface area contributed by atoms with E-state index in [1.165, 1.54) is 11.3 Å². The van der Waals surface area contributed by atoms with E-state index >= 15 is 0 Å². The van der Waals surface area contributed by atoms with Crippen molar-refractivity contribution >= 4 is 17.3 Å². The van der Waals surface area contributed by atoms with Crippen molar-refractivity contribution in [3.63, 3.8) is 0 Å². The lowest BCUT2D eigenvalue weighted by Crippen LogP contribution is -2.62. The number of phenols is 1. The Balaban J connectivity index is 1.29. The van der Waals surface area contributed by atoms with Crippen LogP contribution in [0, 0.1) is 11.8 Å². The van der Waals surface area contributed by atoms with E-state index in [0.29, 0.717) is 4.88 Å². The van der Waals surface area contributed by atoms with Crippen LogP contribution < -0.4 is 18.9 Å². The molecule has 4 aliphatic heterocycles. The van der Waals surface area contributed by atoms with Crippen molar-refractivity contribution in [1.82, 2.24) is 0 Å². The third kappa shape index (κ3) is 4.70. The van der Waals surface area contributed by atoms with Crippen LogP contribution in [0.15, 0.2) is 41.7 Å². The minimum Gasteiger partial charge on any atom is -0.502 e. The van der Waals surface area contributed by atoms with Gasteiger partial charge in [0.25, 0.3) is 0 Å². The third-order valence-electron chi connectivity index (χ3n) is 8.32. The van der Waals surface area contributed by atoms with Gasteiger partial charge in [-0.3, -0.25) is 4.79 Å². The molecule has 0 bridgehead atoms. The second-order valence-electron chi connectivity index (χ2n) is 10.8. The molecular weight excluding hydrogens is 624 g/mol. The van der Waals surface area contributed by atoms with Crippen molar-refractivity contribution < 1.29 is 75.1 Å². The Morgan fingerprint density at radius 1 is 1.02 bits per heavy atom.